The Morgan fingerprint density at radius 3 is 2.48 bits per heavy atom. The summed E-state index contributed by atoms with van der Waals surface area (Å²) in [6.45, 7) is 0.289. The molecule has 0 fully saturated rings. The van der Waals surface area contributed by atoms with E-state index in [0.717, 1.165) is 17.7 Å². The molecule has 0 saturated carbocycles. The van der Waals surface area contributed by atoms with Gasteiger partial charge in [0.25, 0.3) is 5.69 Å². The zero-order valence-electron chi connectivity index (χ0n) is 14.8. The molecule has 10 heteroatoms. The van der Waals surface area contributed by atoms with Gasteiger partial charge in [-0.15, -0.1) is 0 Å². The van der Waals surface area contributed by atoms with Gasteiger partial charge in [0.05, 0.1) is 17.8 Å². The predicted octanol–water partition coefficient (Wildman–Crippen LogP) is 4.35. The Morgan fingerprint density at radius 2 is 1.76 bits per heavy atom. The number of thioether (sulfide) groups is 1. The average molecular weight is 413 g/mol. The highest BCUT2D eigenvalue weighted by atomic mass is 32.2. The second-order valence-corrected chi connectivity index (χ2v) is 7.15. The molecule has 146 valence electrons. The van der Waals surface area contributed by atoms with Crippen LogP contribution in [0.4, 0.5) is 14.5 Å². The van der Waals surface area contributed by atoms with Crippen molar-refractivity contribution in [1.29, 1.82) is 0 Å². The Hall–Kier alpha value is -3.40. The lowest BCUT2D eigenvalue weighted by Crippen LogP contribution is -2.01. The van der Waals surface area contributed by atoms with Crippen LogP contribution in [-0.4, -0.2) is 24.4 Å². The molecule has 0 N–H and O–H groups in total. The molecule has 2 aromatic carbocycles. The number of rotatable bonds is 6. The maximum absolute atomic E-state index is 13.5. The lowest BCUT2D eigenvalue weighted by atomic mass is 10.2. The second kappa shape index (κ2) is 7.92. The third kappa shape index (κ3) is 4.06. The number of imidazole rings is 1. The van der Waals surface area contributed by atoms with Crippen LogP contribution >= 0.6 is 11.8 Å². The summed E-state index contributed by atoms with van der Waals surface area (Å²) in [6, 6.07) is 10.1. The minimum atomic E-state index is -0.902. The van der Waals surface area contributed by atoms with Gasteiger partial charge in [-0.3, -0.25) is 10.1 Å². The second-order valence-electron chi connectivity index (χ2n) is 6.18. The Morgan fingerprint density at radius 1 is 1.00 bits per heavy atom. The van der Waals surface area contributed by atoms with Gasteiger partial charge in [0.1, 0.15) is 16.9 Å². The molecule has 2 aromatic heterocycles. The summed E-state index contributed by atoms with van der Waals surface area (Å²) in [7, 11) is 0. The van der Waals surface area contributed by atoms with Crippen LogP contribution in [-0.2, 0) is 12.3 Å². The Labute approximate surface area is 167 Å². The van der Waals surface area contributed by atoms with Crippen LogP contribution in [0.15, 0.2) is 60.1 Å². The van der Waals surface area contributed by atoms with E-state index in [2.05, 4.69) is 15.0 Å². The van der Waals surface area contributed by atoms with Gasteiger partial charge in [-0.05, 0) is 23.3 Å². The molecule has 0 spiro atoms. The SMILES string of the molecule is O=[N+]([O-])c1ccc(CSc2ncnc3c2ncn3Cc2ccc(F)c(F)c2)cc1. The Balaban J connectivity index is 1.53. The van der Waals surface area contributed by atoms with Gasteiger partial charge in [0, 0.05) is 17.9 Å². The number of hydrogen-bond acceptors (Lipinski definition) is 6. The van der Waals surface area contributed by atoms with Gasteiger partial charge in [-0.25, -0.2) is 23.7 Å². The molecule has 0 unspecified atom stereocenters. The first-order chi connectivity index (χ1) is 14.0. The zero-order chi connectivity index (χ0) is 20.4. The number of aromatic nitrogens is 4. The van der Waals surface area contributed by atoms with Crippen molar-refractivity contribution >= 4 is 28.6 Å². The number of benzene rings is 2. The molecule has 0 aliphatic heterocycles. The van der Waals surface area contributed by atoms with E-state index in [1.54, 1.807) is 23.0 Å². The first kappa shape index (κ1) is 18.9. The highest BCUT2D eigenvalue weighted by Gasteiger charge is 2.12. The fraction of sp³-hybridized carbons (Fsp3) is 0.105. The smallest absolute Gasteiger partial charge is 0.269 e. The van der Waals surface area contributed by atoms with E-state index in [1.165, 1.54) is 36.3 Å². The van der Waals surface area contributed by atoms with Crippen molar-refractivity contribution in [2.45, 2.75) is 17.3 Å². The minimum Gasteiger partial charge on any atom is -0.311 e. The minimum absolute atomic E-state index is 0.0409. The molecular formula is C19H13F2N5O2S. The average Bonchev–Trinajstić information content (AvgIpc) is 3.13. The normalized spacial score (nSPS) is 11.1. The van der Waals surface area contributed by atoms with Crippen LogP contribution in [0, 0.1) is 21.7 Å². The van der Waals surface area contributed by atoms with Gasteiger partial charge in [-0.2, -0.15) is 0 Å². The maximum Gasteiger partial charge on any atom is 0.269 e. The largest absolute Gasteiger partial charge is 0.311 e. The van der Waals surface area contributed by atoms with Gasteiger partial charge >= 0.3 is 0 Å². The molecule has 7 nitrogen and oxygen atoms in total. The number of halogens is 2. The van der Waals surface area contributed by atoms with Crippen molar-refractivity contribution in [2.24, 2.45) is 0 Å². The molecule has 0 bridgehead atoms. The summed E-state index contributed by atoms with van der Waals surface area (Å²) in [5, 5.41) is 11.4. The van der Waals surface area contributed by atoms with Crippen molar-refractivity contribution in [1.82, 2.24) is 19.5 Å². The van der Waals surface area contributed by atoms with E-state index in [0.29, 0.717) is 27.5 Å². The number of fused-ring (bicyclic) bond motifs is 1. The van der Waals surface area contributed by atoms with Crippen molar-refractivity contribution < 1.29 is 13.7 Å². The van der Waals surface area contributed by atoms with Crippen molar-refractivity contribution in [3.8, 4) is 0 Å². The lowest BCUT2D eigenvalue weighted by Gasteiger charge is -2.05. The summed E-state index contributed by atoms with van der Waals surface area (Å²) in [5.41, 5.74) is 2.72. The van der Waals surface area contributed by atoms with E-state index < -0.39 is 16.6 Å². The fourth-order valence-corrected chi connectivity index (χ4v) is 3.68. The summed E-state index contributed by atoms with van der Waals surface area (Å²) >= 11 is 1.43. The molecule has 0 amide bonds. The van der Waals surface area contributed by atoms with Crippen LogP contribution < -0.4 is 0 Å². The molecule has 4 rings (SSSR count). The highest BCUT2D eigenvalue weighted by molar-refractivity contribution is 7.98. The molecule has 2 heterocycles. The quantitative estimate of drug-likeness (QED) is 0.202. The van der Waals surface area contributed by atoms with E-state index >= 15 is 0 Å². The molecule has 0 aliphatic rings. The number of nitro groups is 1. The van der Waals surface area contributed by atoms with Crippen LogP contribution in [0.3, 0.4) is 0 Å². The van der Waals surface area contributed by atoms with Gasteiger partial charge in [0.15, 0.2) is 17.3 Å². The molecule has 4 aromatic rings. The number of hydrogen-bond donors (Lipinski definition) is 0. The Kier molecular flexibility index (Phi) is 5.17. The topological polar surface area (TPSA) is 86.7 Å². The Bertz CT molecular complexity index is 1200. The molecule has 0 aliphatic carbocycles. The van der Waals surface area contributed by atoms with Crippen LogP contribution in [0.2, 0.25) is 0 Å². The molecule has 0 saturated heterocycles. The van der Waals surface area contributed by atoms with Crippen LogP contribution in [0.1, 0.15) is 11.1 Å². The molecule has 29 heavy (non-hydrogen) atoms. The van der Waals surface area contributed by atoms with Gasteiger partial charge in [0.2, 0.25) is 0 Å². The predicted molar refractivity (Wildman–Crippen MR) is 103 cm³/mol. The van der Waals surface area contributed by atoms with Crippen molar-refractivity contribution in [3.63, 3.8) is 0 Å². The summed E-state index contributed by atoms with van der Waals surface area (Å²) < 4.78 is 28.3. The number of nitro benzene ring substituents is 1. The van der Waals surface area contributed by atoms with Crippen LogP contribution in [0.5, 0.6) is 0 Å². The van der Waals surface area contributed by atoms with Gasteiger partial charge in [-0.1, -0.05) is 30.0 Å². The third-order valence-corrected chi connectivity index (χ3v) is 5.28. The first-order valence-electron chi connectivity index (χ1n) is 8.47. The molecular weight excluding hydrogens is 400 g/mol. The monoisotopic (exact) mass is 413 g/mol. The zero-order valence-corrected chi connectivity index (χ0v) is 15.6. The van der Waals surface area contributed by atoms with Gasteiger partial charge < -0.3 is 4.57 Å². The van der Waals surface area contributed by atoms with E-state index in [4.69, 9.17) is 0 Å². The van der Waals surface area contributed by atoms with Crippen molar-refractivity contribution in [2.75, 3.05) is 0 Å². The number of nitrogens with zero attached hydrogens (tertiary/aromatic N) is 5. The molecule has 0 atom stereocenters. The standard InChI is InChI=1S/C19H13F2N5O2S/c20-15-6-3-13(7-16(15)21)8-25-11-24-17-18(25)22-10-23-19(17)29-9-12-1-4-14(5-2-12)26(27)28/h1-7,10-11H,8-9H2. The maximum atomic E-state index is 13.5. The van der Waals surface area contributed by atoms with E-state index in [9.17, 15) is 18.9 Å². The number of non-ortho nitro benzene ring substituents is 1. The van der Waals surface area contributed by atoms with E-state index in [1.807, 2.05) is 0 Å². The highest BCUT2D eigenvalue weighted by Crippen LogP contribution is 2.27. The summed E-state index contributed by atoms with van der Waals surface area (Å²) in [5.74, 6) is -1.24. The summed E-state index contributed by atoms with van der Waals surface area (Å²) in [4.78, 5) is 23.2. The van der Waals surface area contributed by atoms with Crippen LogP contribution in [0.25, 0.3) is 11.2 Å². The van der Waals surface area contributed by atoms with E-state index in [-0.39, 0.29) is 12.2 Å². The summed E-state index contributed by atoms with van der Waals surface area (Å²) in [6.07, 6.45) is 3.00. The third-order valence-electron chi connectivity index (χ3n) is 4.23. The van der Waals surface area contributed by atoms with Crippen molar-refractivity contribution in [3.05, 3.63) is 88.0 Å². The first-order valence-corrected chi connectivity index (χ1v) is 9.46. The molecule has 0 radical (unpaired) electrons. The lowest BCUT2D eigenvalue weighted by molar-refractivity contribution is -0.384. The fourth-order valence-electron chi connectivity index (χ4n) is 2.78.